The second-order valence-electron chi connectivity index (χ2n) is 29.8. The average molecular weight is 1440 g/mol. The minimum absolute atomic E-state index is 0.291. The summed E-state index contributed by atoms with van der Waals surface area (Å²) in [7, 11) is 1.39. The van der Waals surface area contributed by atoms with Gasteiger partial charge in [-0.15, -0.1) is 6.58 Å². The maximum atomic E-state index is 11.3. The Labute approximate surface area is 641 Å². The van der Waals surface area contributed by atoms with E-state index in [2.05, 4.69) is 140 Å². The van der Waals surface area contributed by atoms with Gasteiger partial charge in [0, 0.05) is 0 Å². The van der Waals surface area contributed by atoms with Crippen LogP contribution in [0.3, 0.4) is 0 Å². The minimum atomic E-state index is -0.908. The molecule has 5 aromatic carbocycles. The zero-order valence-corrected chi connectivity index (χ0v) is 68.8. The summed E-state index contributed by atoms with van der Waals surface area (Å²) in [5.74, 6) is 1.34. The normalized spacial score (nSPS) is 11.0. The van der Waals surface area contributed by atoms with Gasteiger partial charge in [-0.2, -0.15) is 0 Å². The summed E-state index contributed by atoms with van der Waals surface area (Å²) < 4.78 is 21.9. The van der Waals surface area contributed by atoms with Crippen LogP contribution in [-0.4, -0.2) is 43.5 Å². The first kappa shape index (κ1) is 96.2. The van der Waals surface area contributed by atoms with Crippen LogP contribution in [0.4, 0.5) is 0 Å². The average Bonchev–Trinajstić information content (AvgIpc) is 0.913. The Bertz CT molecular complexity index is 2620. The molecule has 7 heteroatoms. The largest absolute Gasteiger partial charge is 0.494 e. The first-order valence-corrected chi connectivity index (χ1v) is 43.1. The molecule has 1 N–H and O–H groups in total. The lowest BCUT2D eigenvalue weighted by molar-refractivity contribution is 0.0599. The van der Waals surface area contributed by atoms with Gasteiger partial charge >= 0.3 is 11.9 Å². The molecular weight excluding hydrogens is 1280 g/mol. The van der Waals surface area contributed by atoms with E-state index in [-0.39, 0.29) is 5.97 Å². The predicted molar refractivity (Wildman–Crippen MR) is 452 cm³/mol. The van der Waals surface area contributed by atoms with Crippen molar-refractivity contribution in [2.45, 2.75) is 389 Å². The van der Waals surface area contributed by atoms with Crippen molar-refractivity contribution in [3.8, 4) is 17.2 Å². The molecule has 5 rings (SSSR count). The summed E-state index contributed by atoms with van der Waals surface area (Å²) >= 11 is 0. The maximum Gasteiger partial charge on any atom is 0.337 e. The third-order valence-corrected chi connectivity index (χ3v) is 19.7. The molecule has 0 amide bonds. The van der Waals surface area contributed by atoms with Crippen molar-refractivity contribution >= 4 is 11.9 Å². The molecule has 0 saturated carbocycles. The number of aryl methyl sites for hydroxylation is 5. The standard InChI is InChI=1S/C21H36O.C20H34.C19H30O3.C19H32.C18H26O3/c1-4-5-6-7-8-9-10-11-12-13-14-20(3)22-21-17-15-19(2)16-18-21;1-3-4-5-6-7-8-9-10-11-12-13-14-20-17-15-19(2)16-18-20;1-3-4-5-6-7-8-9-10-11-16-22-18-14-12-17(13-15-18)19(20)21-2;1-3-4-5-6-7-8-9-10-11-12-13-19-16-14-18(2)15-17-19;1-2-3-4-5-6-7-8-9-10-15-21-17-13-11-16(12-14-17)18(19)20/h15-18,20H,4-14H2,1-3H3;15-18H,3-14H2,1-2H3;12-15H,3-11,16H2,1-2H3;14-17H,3-13H2,1-2H3;2,11-14H,1,3-10,15H2,(H,19,20). The first-order chi connectivity index (χ1) is 50.9. The molecule has 1 atom stereocenters. The van der Waals surface area contributed by atoms with Crippen LogP contribution in [0.25, 0.3) is 0 Å². The summed E-state index contributed by atoms with van der Waals surface area (Å²) in [6.45, 7) is 22.9. The minimum Gasteiger partial charge on any atom is -0.494 e. The summed E-state index contributed by atoms with van der Waals surface area (Å²) in [4.78, 5) is 22.0. The molecule has 0 saturated heterocycles. The molecule has 104 heavy (non-hydrogen) atoms. The summed E-state index contributed by atoms with van der Waals surface area (Å²) in [6, 6.07) is 40.1. The predicted octanol–water partition coefficient (Wildman–Crippen LogP) is 30.8. The number of esters is 1. The van der Waals surface area contributed by atoms with Crippen LogP contribution in [0.5, 0.6) is 17.2 Å². The number of aromatic carboxylic acids is 1. The molecule has 0 aliphatic heterocycles. The number of hydrogen-bond acceptors (Lipinski definition) is 6. The molecule has 0 aliphatic carbocycles. The molecule has 0 aliphatic rings. The van der Waals surface area contributed by atoms with Crippen LogP contribution < -0.4 is 14.2 Å². The Kier molecular flexibility index (Phi) is 67.3. The van der Waals surface area contributed by atoms with E-state index in [0.717, 1.165) is 43.1 Å². The lowest BCUT2D eigenvalue weighted by Crippen LogP contribution is -2.11. The van der Waals surface area contributed by atoms with Crippen LogP contribution in [0.15, 0.2) is 134 Å². The van der Waals surface area contributed by atoms with Gasteiger partial charge < -0.3 is 24.1 Å². The summed E-state index contributed by atoms with van der Waals surface area (Å²) in [5.41, 5.74) is 7.88. The fraction of sp³-hybridized carbons (Fsp3) is 0.649. The highest BCUT2D eigenvalue weighted by molar-refractivity contribution is 5.89. The number of carbonyl (C=O) groups excluding carboxylic acids is 1. The van der Waals surface area contributed by atoms with Crippen molar-refractivity contribution in [3.05, 3.63) is 173 Å². The SMILES string of the molecule is C=CCCCCCCCCCOc1ccc(C(=O)O)cc1.CCCCCCCCCCCCC(C)Oc1ccc(C)cc1.CCCCCCCCCCCCCc1ccc(C)cc1.CCCCCCCCCCCCc1ccc(C)cc1.CCCCCCCCCCCOc1ccc(C(=O)OC)cc1. The second kappa shape index (κ2) is 72.7. The fourth-order valence-electron chi connectivity index (χ4n) is 12.7. The zero-order valence-electron chi connectivity index (χ0n) is 68.8. The first-order valence-electron chi connectivity index (χ1n) is 43.1. The lowest BCUT2D eigenvalue weighted by Gasteiger charge is -2.14. The van der Waals surface area contributed by atoms with Crippen LogP contribution in [0.1, 0.15) is 398 Å². The monoisotopic (exact) mass is 1440 g/mol. The van der Waals surface area contributed by atoms with Crippen molar-refractivity contribution in [1.82, 2.24) is 0 Å². The molecule has 0 fully saturated rings. The molecule has 0 radical (unpaired) electrons. The Morgan fingerprint density at radius 1 is 0.346 bits per heavy atom. The Morgan fingerprint density at radius 3 is 0.923 bits per heavy atom. The number of ether oxygens (including phenoxy) is 4. The van der Waals surface area contributed by atoms with E-state index in [0.29, 0.717) is 23.8 Å². The highest BCUT2D eigenvalue weighted by Crippen LogP contribution is 2.21. The van der Waals surface area contributed by atoms with Crippen molar-refractivity contribution in [2.24, 2.45) is 0 Å². The molecule has 7 nitrogen and oxygen atoms in total. The number of rotatable bonds is 60. The van der Waals surface area contributed by atoms with Gasteiger partial charge in [0.1, 0.15) is 17.2 Å². The van der Waals surface area contributed by atoms with E-state index in [4.69, 9.17) is 19.3 Å². The quantitative estimate of drug-likeness (QED) is 0.0236. The van der Waals surface area contributed by atoms with E-state index in [1.54, 1.807) is 36.4 Å². The fourth-order valence-corrected chi connectivity index (χ4v) is 12.7. The van der Waals surface area contributed by atoms with Gasteiger partial charge in [-0.25, -0.2) is 9.59 Å². The summed E-state index contributed by atoms with van der Waals surface area (Å²) in [6.07, 6.45) is 71.6. The van der Waals surface area contributed by atoms with Gasteiger partial charge in [-0.05, 0) is 164 Å². The van der Waals surface area contributed by atoms with Gasteiger partial charge in [0.15, 0.2) is 0 Å². The zero-order chi connectivity index (χ0) is 75.7. The van der Waals surface area contributed by atoms with Crippen LogP contribution in [0, 0.1) is 20.8 Å². The van der Waals surface area contributed by atoms with E-state index < -0.39 is 5.97 Å². The molecule has 1 unspecified atom stereocenters. The lowest BCUT2D eigenvalue weighted by atomic mass is 10.0. The Hall–Kier alpha value is -5.82. The van der Waals surface area contributed by atoms with Crippen LogP contribution in [0.2, 0.25) is 0 Å². The molecule has 0 heterocycles. The molecule has 5 aromatic rings. The number of hydrogen-bond donors (Lipinski definition) is 1. The number of allylic oxidation sites excluding steroid dienone is 1. The van der Waals surface area contributed by atoms with Crippen molar-refractivity contribution < 1.29 is 33.6 Å². The van der Waals surface area contributed by atoms with E-state index >= 15 is 0 Å². The number of carbonyl (C=O) groups is 2. The van der Waals surface area contributed by atoms with Crippen LogP contribution in [-0.2, 0) is 17.6 Å². The molecular formula is C97H158O7. The smallest absolute Gasteiger partial charge is 0.337 e. The second-order valence-corrected chi connectivity index (χ2v) is 29.8. The topological polar surface area (TPSA) is 91.3 Å². The third-order valence-electron chi connectivity index (χ3n) is 19.7. The Morgan fingerprint density at radius 2 is 0.615 bits per heavy atom. The highest BCUT2D eigenvalue weighted by Gasteiger charge is 2.08. The number of carboxylic acids is 1. The highest BCUT2D eigenvalue weighted by atomic mass is 16.5. The number of unbranched alkanes of at least 4 members (excludes halogenated alkanes) is 43. The van der Waals surface area contributed by atoms with Crippen LogP contribution >= 0.6 is 0 Å². The maximum absolute atomic E-state index is 11.3. The Balaban J connectivity index is 0.000000651. The summed E-state index contributed by atoms with van der Waals surface area (Å²) in [5, 5.41) is 8.79. The molecule has 0 bridgehead atoms. The van der Waals surface area contributed by atoms with E-state index in [9.17, 15) is 9.59 Å². The molecule has 0 spiro atoms. The number of carboxylic acid groups (broad SMARTS) is 1. The number of benzene rings is 5. The third kappa shape index (κ3) is 61.3. The molecule has 0 aromatic heterocycles. The van der Waals surface area contributed by atoms with Gasteiger partial charge in [0.05, 0.1) is 37.6 Å². The van der Waals surface area contributed by atoms with Gasteiger partial charge in [0.25, 0.3) is 0 Å². The van der Waals surface area contributed by atoms with E-state index in [1.807, 2.05) is 18.2 Å². The van der Waals surface area contributed by atoms with Gasteiger partial charge in [-0.3, -0.25) is 0 Å². The van der Waals surface area contributed by atoms with Crippen molar-refractivity contribution in [3.63, 3.8) is 0 Å². The number of methoxy groups -OCH3 is 1. The van der Waals surface area contributed by atoms with Gasteiger partial charge in [0.2, 0.25) is 0 Å². The van der Waals surface area contributed by atoms with Crippen molar-refractivity contribution in [1.29, 1.82) is 0 Å². The molecule has 588 valence electrons. The van der Waals surface area contributed by atoms with Gasteiger partial charge in [-0.1, -0.05) is 374 Å². The van der Waals surface area contributed by atoms with Crippen molar-refractivity contribution in [2.75, 3.05) is 20.3 Å². The van der Waals surface area contributed by atoms with E-state index in [1.165, 1.54) is 343 Å².